The Bertz CT molecular complexity index is 930. The van der Waals surface area contributed by atoms with Crippen LogP contribution in [0.2, 0.25) is 0 Å². The van der Waals surface area contributed by atoms with E-state index in [0.29, 0.717) is 26.5 Å². The van der Waals surface area contributed by atoms with E-state index in [2.05, 4.69) is 52.9 Å². The number of nitrogens with zero attached hydrogens (tertiary/aromatic N) is 2. The second kappa shape index (κ2) is 9.19. The van der Waals surface area contributed by atoms with Crippen LogP contribution in [-0.2, 0) is 9.59 Å². The molecule has 10 heteroatoms. The molecule has 0 radical (unpaired) electrons. The molecule has 0 heterocycles. The van der Waals surface area contributed by atoms with Crippen molar-refractivity contribution >= 4 is 56.1 Å². The summed E-state index contributed by atoms with van der Waals surface area (Å²) in [6.07, 6.45) is 3.32. The molecule has 0 spiro atoms. The van der Waals surface area contributed by atoms with Gasteiger partial charge < -0.3 is 10.2 Å². The van der Waals surface area contributed by atoms with Gasteiger partial charge in [0, 0.05) is 0 Å². The van der Waals surface area contributed by atoms with E-state index in [1.54, 1.807) is 24.3 Å². The maximum absolute atomic E-state index is 12.1. The molecule has 2 atom stereocenters. The highest BCUT2D eigenvalue weighted by atomic mass is 79.9. The predicted octanol–water partition coefficient (Wildman–Crippen LogP) is 2.86. The maximum Gasteiger partial charge on any atom is 0.244 e. The number of aromatic hydroxyl groups is 2. The van der Waals surface area contributed by atoms with Crippen LogP contribution in [-0.4, -0.2) is 34.5 Å². The van der Waals surface area contributed by atoms with Crippen molar-refractivity contribution in [3.8, 4) is 11.5 Å². The minimum absolute atomic E-state index is 0.110. The van der Waals surface area contributed by atoms with Gasteiger partial charge in [0.15, 0.2) is 0 Å². The van der Waals surface area contributed by atoms with Crippen molar-refractivity contribution in [3.63, 3.8) is 0 Å². The SMILES string of the molecule is O=C(N/N=C/c1ccc(O)c(Br)c1)C1CC1C(=O)N/N=C/c1ccc(O)c(Br)c1. The van der Waals surface area contributed by atoms with Crippen LogP contribution >= 0.6 is 31.9 Å². The summed E-state index contributed by atoms with van der Waals surface area (Å²) in [4.78, 5) is 24.1. The molecular formula is C19H16Br2N4O4. The number of amides is 2. The summed E-state index contributed by atoms with van der Waals surface area (Å²) in [5.74, 6) is -1.36. The van der Waals surface area contributed by atoms with Gasteiger partial charge >= 0.3 is 0 Å². The lowest BCUT2D eigenvalue weighted by Crippen LogP contribution is -2.25. The third kappa shape index (κ3) is 5.64. The Balaban J connectivity index is 1.45. The lowest BCUT2D eigenvalue weighted by atomic mass is 10.2. The fourth-order valence-corrected chi connectivity index (χ4v) is 3.28. The van der Waals surface area contributed by atoms with Crippen molar-refractivity contribution in [1.29, 1.82) is 0 Å². The van der Waals surface area contributed by atoms with Crippen LogP contribution in [0.25, 0.3) is 0 Å². The summed E-state index contributed by atoms with van der Waals surface area (Å²) in [5.41, 5.74) is 6.20. The monoisotopic (exact) mass is 522 g/mol. The van der Waals surface area contributed by atoms with E-state index < -0.39 is 11.8 Å². The number of phenols is 2. The number of hydrogen-bond acceptors (Lipinski definition) is 6. The van der Waals surface area contributed by atoms with E-state index >= 15 is 0 Å². The van der Waals surface area contributed by atoms with Crippen LogP contribution < -0.4 is 10.9 Å². The van der Waals surface area contributed by atoms with Gasteiger partial charge in [-0.1, -0.05) is 0 Å². The van der Waals surface area contributed by atoms with Crippen molar-refractivity contribution in [2.75, 3.05) is 0 Å². The van der Waals surface area contributed by atoms with Gasteiger partial charge in [-0.15, -0.1) is 0 Å². The number of carbonyl (C=O) groups is 2. The Morgan fingerprint density at radius 3 is 1.66 bits per heavy atom. The van der Waals surface area contributed by atoms with Crippen LogP contribution in [0.15, 0.2) is 55.5 Å². The fourth-order valence-electron chi connectivity index (χ4n) is 2.49. The lowest BCUT2D eigenvalue weighted by Gasteiger charge is -2.01. The van der Waals surface area contributed by atoms with Gasteiger partial charge in [0.1, 0.15) is 11.5 Å². The van der Waals surface area contributed by atoms with Crippen LogP contribution in [0.1, 0.15) is 17.5 Å². The molecule has 2 unspecified atom stereocenters. The molecule has 2 aromatic rings. The minimum Gasteiger partial charge on any atom is -0.507 e. The Labute approximate surface area is 183 Å². The van der Waals surface area contributed by atoms with Gasteiger partial charge in [0.2, 0.25) is 11.8 Å². The van der Waals surface area contributed by atoms with Gasteiger partial charge in [-0.2, -0.15) is 10.2 Å². The zero-order chi connectivity index (χ0) is 21.0. The third-order valence-corrected chi connectivity index (χ3v) is 5.45. The molecule has 8 nitrogen and oxygen atoms in total. The molecule has 0 aliphatic heterocycles. The average molecular weight is 524 g/mol. The lowest BCUT2D eigenvalue weighted by molar-refractivity contribution is -0.127. The normalized spacial score (nSPS) is 18.1. The van der Waals surface area contributed by atoms with E-state index in [1.165, 1.54) is 24.6 Å². The van der Waals surface area contributed by atoms with Gasteiger partial charge in [-0.3, -0.25) is 9.59 Å². The van der Waals surface area contributed by atoms with Crippen molar-refractivity contribution in [1.82, 2.24) is 10.9 Å². The van der Waals surface area contributed by atoms with E-state index in [-0.39, 0.29) is 23.3 Å². The molecule has 0 saturated heterocycles. The summed E-state index contributed by atoms with van der Waals surface area (Å²) in [7, 11) is 0. The van der Waals surface area contributed by atoms with E-state index in [1.807, 2.05) is 0 Å². The average Bonchev–Trinajstić information content (AvgIpc) is 3.48. The van der Waals surface area contributed by atoms with Crippen molar-refractivity contribution in [3.05, 3.63) is 56.5 Å². The highest BCUT2D eigenvalue weighted by Crippen LogP contribution is 2.38. The second-order valence-electron chi connectivity index (χ2n) is 6.34. The van der Waals surface area contributed by atoms with Gasteiger partial charge in [-0.05, 0) is 85.8 Å². The van der Waals surface area contributed by atoms with Gasteiger partial charge in [0.05, 0.1) is 33.2 Å². The van der Waals surface area contributed by atoms with Gasteiger partial charge in [0.25, 0.3) is 0 Å². The van der Waals surface area contributed by atoms with E-state index in [4.69, 9.17) is 0 Å². The molecule has 3 rings (SSSR count). The Hall–Kier alpha value is -2.72. The molecule has 29 heavy (non-hydrogen) atoms. The van der Waals surface area contributed by atoms with Crippen molar-refractivity contribution in [2.24, 2.45) is 22.0 Å². The van der Waals surface area contributed by atoms with Gasteiger partial charge in [-0.25, -0.2) is 10.9 Å². The molecule has 2 amide bonds. The Kier molecular flexibility index (Phi) is 6.65. The summed E-state index contributed by atoms with van der Waals surface area (Å²) in [6, 6.07) is 9.62. The third-order valence-electron chi connectivity index (χ3n) is 4.18. The number of phenolic OH excluding ortho intramolecular Hbond substituents is 2. The summed E-state index contributed by atoms with van der Waals surface area (Å²) < 4.78 is 1.04. The molecule has 1 fully saturated rings. The highest BCUT2D eigenvalue weighted by molar-refractivity contribution is 9.10. The summed E-state index contributed by atoms with van der Waals surface area (Å²) in [5, 5.41) is 26.6. The number of hydrazone groups is 2. The Morgan fingerprint density at radius 1 is 0.862 bits per heavy atom. The first-order valence-corrected chi connectivity index (χ1v) is 10.1. The van der Waals surface area contributed by atoms with Crippen LogP contribution in [0.4, 0.5) is 0 Å². The molecule has 1 aliphatic rings. The second-order valence-corrected chi connectivity index (χ2v) is 8.05. The molecule has 0 aromatic heterocycles. The molecule has 1 saturated carbocycles. The predicted molar refractivity (Wildman–Crippen MR) is 115 cm³/mol. The van der Waals surface area contributed by atoms with Crippen LogP contribution in [0.3, 0.4) is 0 Å². The van der Waals surface area contributed by atoms with Crippen molar-refractivity contribution in [2.45, 2.75) is 6.42 Å². The Morgan fingerprint density at radius 2 is 1.28 bits per heavy atom. The summed E-state index contributed by atoms with van der Waals surface area (Å²) in [6.45, 7) is 0. The zero-order valence-electron chi connectivity index (χ0n) is 14.8. The maximum atomic E-state index is 12.1. The summed E-state index contributed by atoms with van der Waals surface area (Å²) >= 11 is 6.40. The first-order valence-electron chi connectivity index (χ1n) is 8.48. The molecule has 0 bridgehead atoms. The van der Waals surface area contributed by atoms with Crippen LogP contribution in [0.5, 0.6) is 11.5 Å². The number of carbonyl (C=O) groups excluding carboxylic acids is 2. The first kappa shape index (κ1) is 21.0. The van der Waals surface area contributed by atoms with E-state index in [0.717, 1.165) is 0 Å². The van der Waals surface area contributed by atoms with E-state index in [9.17, 15) is 19.8 Å². The number of hydrogen-bond donors (Lipinski definition) is 4. The largest absolute Gasteiger partial charge is 0.507 e. The molecule has 4 N–H and O–H groups in total. The number of rotatable bonds is 6. The topological polar surface area (TPSA) is 123 Å². The van der Waals surface area contributed by atoms with Crippen LogP contribution in [0, 0.1) is 11.8 Å². The quantitative estimate of drug-likeness (QED) is 0.343. The number of halogens is 2. The van der Waals surface area contributed by atoms with Crippen molar-refractivity contribution < 1.29 is 19.8 Å². The fraction of sp³-hybridized carbons (Fsp3) is 0.158. The zero-order valence-corrected chi connectivity index (χ0v) is 18.0. The standard InChI is InChI=1S/C19H16Br2N4O4/c20-14-5-10(1-3-16(14)26)8-22-24-18(28)12-7-13(12)19(29)25-23-9-11-2-4-17(27)15(21)6-11/h1-6,8-9,12-13,26-27H,7H2,(H,24,28)(H,25,29)/b22-8+,23-9+. The smallest absolute Gasteiger partial charge is 0.244 e. The highest BCUT2D eigenvalue weighted by Gasteiger charge is 2.48. The number of benzene rings is 2. The minimum atomic E-state index is -0.447. The first-order chi connectivity index (χ1) is 13.8. The molecule has 1 aliphatic carbocycles. The number of nitrogens with one attached hydrogen (secondary N) is 2. The molecular weight excluding hydrogens is 508 g/mol. The molecule has 150 valence electrons. The molecule has 2 aromatic carbocycles.